The topological polar surface area (TPSA) is 72.7 Å². The van der Waals surface area contributed by atoms with Gasteiger partial charge in [0.05, 0.1) is 6.04 Å². The molecule has 0 bridgehead atoms. The second-order valence-corrected chi connectivity index (χ2v) is 5.64. The number of nitrogens with one attached hydrogen (secondary N) is 1. The van der Waals surface area contributed by atoms with Crippen molar-refractivity contribution >= 4 is 17.2 Å². The highest BCUT2D eigenvalue weighted by molar-refractivity contribution is 7.08. The fourth-order valence-corrected chi connectivity index (χ4v) is 2.69. The third-order valence-corrected chi connectivity index (χ3v) is 3.88. The number of nitrogens with zero attached hydrogens (tertiary/aromatic N) is 4. The first-order chi connectivity index (χ1) is 10.7. The summed E-state index contributed by atoms with van der Waals surface area (Å²) in [6, 6.07) is 11.7. The highest BCUT2D eigenvalue weighted by Crippen LogP contribution is 2.16. The minimum atomic E-state index is -0.148. The van der Waals surface area contributed by atoms with Crippen LogP contribution in [0, 0.1) is 0 Å². The minimum Gasteiger partial charge on any atom is -0.348 e. The molecule has 0 aliphatic heterocycles. The summed E-state index contributed by atoms with van der Waals surface area (Å²) in [6.45, 7) is 1.99. The summed E-state index contributed by atoms with van der Waals surface area (Å²) in [5.41, 5.74) is 1.97. The van der Waals surface area contributed by atoms with Crippen molar-refractivity contribution in [3.8, 4) is 11.4 Å². The molecule has 2 heterocycles. The SMILES string of the molecule is C[C@@H](NC(=O)Cn1nnc(-c2ccsc2)n1)c1ccccc1. The van der Waals surface area contributed by atoms with Gasteiger partial charge < -0.3 is 5.32 Å². The molecule has 22 heavy (non-hydrogen) atoms. The number of aromatic nitrogens is 4. The van der Waals surface area contributed by atoms with Crippen LogP contribution in [0.3, 0.4) is 0 Å². The Labute approximate surface area is 131 Å². The summed E-state index contributed by atoms with van der Waals surface area (Å²) in [5, 5.41) is 18.9. The molecule has 0 saturated carbocycles. The average Bonchev–Trinajstić information content (AvgIpc) is 3.19. The molecule has 2 aromatic heterocycles. The molecule has 7 heteroatoms. The molecule has 1 aromatic carbocycles. The van der Waals surface area contributed by atoms with Gasteiger partial charge in [-0.3, -0.25) is 4.79 Å². The molecule has 0 saturated heterocycles. The van der Waals surface area contributed by atoms with E-state index in [0.717, 1.165) is 11.1 Å². The van der Waals surface area contributed by atoms with Crippen LogP contribution in [-0.2, 0) is 11.3 Å². The Morgan fingerprint density at radius 1 is 1.32 bits per heavy atom. The zero-order valence-corrected chi connectivity index (χ0v) is 12.8. The normalized spacial score (nSPS) is 12.0. The number of carbonyl (C=O) groups is 1. The number of hydrogen-bond donors (Lipinski definition) is 1. The molecule has 112 valence electrons. The van der Waals surface area contributed by atoms with Crippen LogP contribution in [0.1, 0.15) is 18.5 Å². The lowest BCUT2D eigenvalue weighted by molar-refractivity contribution is -0.122. The van der Waals surface area contributed by atoms with Crippen LogP contribution >= 0.6 is 11.3 Å². The second-order valence-electron chi connectivity index (χ2n) is 4.86. The van der Waals surface area contributed by atoms with Gasteiger partial charge in [-0.2, -0.15) is 16.1 Å². The first-order valence-electron chi connectivity index (χ1n) is 6.87. The molecule has 0 spiro atoms. The van der Waals surface area contributed by atoms with E-state index in [4.69, 9.17) is 0 Å². The molecular formula is C15H15N5OS. The number of rotatable bonds is 5. The maximum Gasteiger partial charge on any atom is 0.244 e. The van der Waals surface area contributed by atoms with Crippen LogP contribution < -0.4 is 5.32 Å². The zero-order valence-electron chi connectivity index (χ0n) is 12.0. The molecular weight excluding hydrogens is 298 g/mol. The fraction of sp³-hybridized carbons (Fsp3) is 0.200. The molecule has 1 amide bonds. The van der Waals surface area contributed by atoms with Crippen LogP contribution in [0.5, 0.6) is 0 Å². The van der Waals surface area contributed by atoms with Crippen LogP contribution in [0.4, 0.5) is 0 Å². The van der Waals surface area contributed by atoms with Crippen molar-refractivity contribution in [3.63, 3.8) is 0 Å². The van der Waals surface area contributed by atoms with E-state index < -0.39 is 0 Å². The standard InChI is InChI=1S/C15H15N5OS/c1-11(12-5-3-2-4-6-12)16-14(21)9-20-18-15(17-19-20)13-7-8-22-10-13/h2-8,10-11H,9H2,1H3,(H,16,21)/t11-/m1/s1. The number of carbonyl (C=O) groups excluding carboxylic acids is 1. The van der Waals surface area contributed by atoms with E-state index >= 15 is 0 Å². The first kappa shape index (κ1) is 14.4. The number of hydrogen-bond acceptors (Lipinski definition) is 5. The lowest BCUT2D eigenvalue weighted by atomic mass is 10.1. The Kier molecular flexibility index (Phi) is 4.24. The summed E-state index contributed by atoms with van der Waals surface area (Å²) in [7, 11) is 0. The molecule has 3 aromatic rings. The smallest absolute Gasteiger partial charge is 0.244 e. The number of amides is 1. The average molecular weight is 313 g/mol. The predicted molar refractivity (Wildman–Crippen MR) is 84.1 cm³/mol. The highest BCUT2D eigenvalue weighted by atomic mass is 32.1. The first-order valence-corrected chi connectivity index (χ1v) is 7.81. The molecule has 0 radical (unpaired) electrons. The van der Waals surface area contributed by atoms with Gasteiger partial charge in [0.1, 0.15) is 6.54 Å². The second kappa shape index (κ2) is 6.48. The van der Waals surface area contributed by atoms with Crippen molar-refractivity contribution in [2.24, 2.45) is 0 Å². The Balaban J connectivity index is 1.60. The lowest BCUT2D eigenvalue weighted by Gasteiger charge is -2.13. The van der Waals surface area contributed by atoms with Crippen molar-refractivity contribution < 1.29 is 4.79 Å². The number of tetrazole rings is 1. The van der Waals surface area contributed by atoms with Gasteiger partial charge in [0, 0.05) is 10.9 Å². The van der Waals surface area contributed by atoms with Crippen molar-refractivity contribution in [2.45, 2.75) is 19.5 Å². The molecule has 0 fully saturated rings. The summed E-state index contributed by atoms with van der Waals surface area (Å²) < 4.78 is 0. The zero-order chi connectivity index (χ0) is 15.4. The molecule has 0 aliphatic carbocycles. The Hall–Kier alpha value is -2.54. The lowest BCUT2D eigenvalue weighted by Crippen LogP contribution is -2.30. The maximum absolute atomic E-state index is 12.1. The molecule has 3 rings (SSSR count). The summed E-state index contributed by atoms with van der Waals surface area (Å²) >= 11 is 1.57. The van der Waals surface area contributed by atoms with E-state index in [1.807, 2.05) is 54.1 Å². The van der Waals surface area contributed by atoms with Crippen molar-refractivity contribution in [1.82, 2.24) is 25.5 Å². The largest absolute Gasteiger partial charge is 0.348 e. The fourth-order valence-electron chi connectivity index (χ4n) is 2.06. The van der Waals surface area contributed by atoms with Gasteiger partial charge in [-0.1, -0.05) is 30.3 Å². The Bertz CT molecular complexity index is 738. The third kappa shape index (κ3) is 3.37. The number of thiophene rings is 1. The van der Waals surface area contributed by atoms with Gasteiger partial charge in [-0.25, -0.2) is 0 Å². The van der Waals surface area contributed by atoms with Gasteiger partial charge in [0.15, 0.2) is 0 Å². The number of benzene rings is 1. The molecule has 1 atom stereocenters. The summed E-state index contributed by atoms with van der Waals surface area (Å²) in [4.78, 5) is 13.4. The molecule has 6 nitrogen and oxygen atoms in total. The molecule has 1 N–H and O–H groups in total. The van der Waals surface area contributed by atoms with Gasteiger partial charge in [-0.15, -0.1) is 10.2 Å². The third-order valence-electron chi connectivity index (χ3n) is 3.19. The highest BCUT2D eigenvalue weighted by Gasteiger charge is 2.12. The monoisotopic (exact) mass is 313 g/mol. The van der Waals surface area contributed by atoms with Gasteiger partial charge in [0.25, 0.3) is 0 Å². The van der Waals surface area contributed by atoms with Crippen molar-refractivity contribution in [1.29, 1.82) is 0 Å². The summed E-state index contributed by atoms with van der Waals surface area (Å²) in [6.07, 6.45) is 0. The van der Waals surface area contributed by atoms with E-state index in [-0.39, 0.29) is 18.5 Å². The predicted octanol–water partition coefficient (Wildman–Crippen LogP) is 2.28. The van der Waals surface area contributed by atoms with E-state index in [1.54, 1.807) is 11.3 Å². The Morgan fingerprint density at radius 2 is 2.14 bits per heavy atom. The van der Waals surface area contributed by atoms with E-state index in [1.165, 1.54) is 4.80 Å². The minimum absolute atomic E-state index is 0.0499. The van der Waals surface area contributed by atoms with Gasteiger partial charge >= 0.3 is 0 Å². The maximum atomic E-state index is 12.1. The van der Waals surface area contributed by atoms with Gasteiger partial charge in [0.2, 0.25) is 11.7 Å². The van der Waals surface area contributed by atoms with Crippen LogP contribution in [-0.4, -0.2) is 26.1 Å². The van der Waals surface area contributed by atoms with Crippen molar-refractivity contribution in [3.05, 3.63) is 52.7 Å². The van der Waals surface area contributed by atoms with Gasteiger partial charge in [-0.05, 0) is 29.1 Å². The van der Waals surface area contributed by atoms with Crippen LogP contribution in [0.2, 0.25) is 0 Å². The molecule has 0 unspecified atom stereocenters. The van der Waals surface area contributed by atoms with E-state index in [9.17, 15) is 4.79 Å². The van der Waals surface area contributed by atoms with Crippen molar-refractivity contribution in [2.75, 3.05) is 0 Å². The van der Waals surface area contributed by atoms with Crippen LogP contribution in [0.15, 0.2) is 47.2 Å². The van der Waals surface area contributed by atoms with E-state index in [2.05, 4.69) is 20.7 Å². The summed E-state index contributed by atoms with van der Waals surface area (Å²) in [5.74, 6) is 0.385. The van der Waals surface area contributed by atoms with Crippen LogP contribution in [0.25, 0.3) is 11.4 Å². The molecule has 0 aliphatic rings. The quantitative estimate of drug-likeness (QED) is 0.784. The Morgan fingerprint density at radius 3 is 2.86 bits per heavy atom. The van der Waals surface area contributed by atoms with E-state index in [0.29, 0.717) is 5.82 Å².